The van der Waals surface area contributed by atoms with Crippen molar-refractivity contribution in [3.05, 3.63) is 24.1 Å². The molecule has 1 aliphatic carbocycles. The first-order valence-corrected chi connectivity index (χ1v) is 7.66. The van der Waals surface area contributed by atoms with Gasteiger partial charge >= 0.3 is 0 Å². The number of anilines is 1. The Balaban J connectivity index is 1.76. The number of hydrogen-bond donors (Lipinski definition) is 1. The van der Waals surface area contributed by atoms with Crippen molar-refractivity contribution in [3.8, 4) is 0 Å². The first-order valence-electron chi connectivity index (χ1n) is 6.43. The minimum Gasteiger partial charge on any atom is -0.441 e. The van der Waals surface area contributed by atoms with E-state index in [1.54, 1.807) is 0 Å². The molecular weight excluding hydrogens is 244 g/mol. The van der Waals surface area contributed by atoms with Gasteiger partial charge < -0.3 is 9.73 Å². The lowest BCUT2D eigenvalue weighted by atomic mass is 10.2. The van der Waals surface area contributed by atoms with Gasteiger partial charge in [0.1, 0.15) is 5.52 Å². The van der Waals surface area contributed by atoms with Gasteiger partial charge in [0.05, 0.1) is 0 Å². The van der Waals surface area contributed by atoms with Crippen molar-refractivity contribution in [1.82, 2.24) is 4.98 Å². The van der Waals surface area contributed by atoms with Crippen molar-refractivity contribution in [3.63, 3.8) is 0 Å². The molecule has 3 rings (SSSR count). The van der Waals surface area contributed by atoms with Crippen molar-refractivity contribution in [2.45, 2.75) is 30.9 Å². The van der Waals surface area contributed by atoms with E-state index in [1.165, 1.54) is 12.8 Å². The Labute approximate surface area is 111 Å². The highest BCUT2D eigenvalue weighted by Gasteiger charge is 2.41. The quantitative estimate of drug-likeness (QED) is 0.891. The second-order valence-electron chi connectivity index (χ2n) is 4.88. The summed E-state index contributed by atoms with van der Waals surface area (Å²) in [5.41, 5.74) is 2.97. The van der Waals surface area contributed by atoms with Crippen molar-refractivity contribution in [2.24, 2.45) is 0 Å². The second-order valence-corrected chi connectivity index (χ2v) is 6.16. The number of benzene rings is 1. The van der Waals surface area contributed by atoms with E-state index in [-0.39, 0.29) is 0 Å². The van der Waals surface area contributed by atoms with Crippen LogP contribution in [0.1, 0.15) is 25.7 Å². The van der Waals surface area contributed by atoms with E-state index < -0.39 is 0 Å². The van der Waals surface area contributed by atoms with Gasteiger partial charge in [-0.15, -0.1) is 0 Å². The minimum absolute atomic E-state index is 0.480. The summed E-state index contributed by atoms with van der Waals surface area (Å²) in [5, 5.41) is 3.52. The van der Waals surface area contributed by atoms with Crippen LogP contribution in [0.3, 0.4) is 0 Å². The van der Waals surface area contributed by atoms with E-state index >= 15 is 0 Å². The molecule has 1 aliphatic rings. The lowest BCUT2D eigenvalue weighted by molar-refractivity contribution is 0.538. The molecule has 0 amide bonds. The minimum atomic E-state index is 0.480. The van der Waals surface area contributed by atoms with Gasteiger partial charge in [-0.3, -0.25) is 0 Å². The standard InChI is InChI=1S/C14H18N2OS/c1-3-13-16-11-8-10(4-5-12(11)17-13)15-9-14(18-2)6-7-14/h4-5,8,15H,3,6-7,9H2,1-2H3. The molecule has 0 radical (unpaired) electrons. The van der Waals surface area contributed by atoms with E-state index in [0.717, 1.165) is 35.6 Å². The van der Waals surface area contributed by atoms with Gasteiger partial charge in [0.2, 0.25) is 0 Å². The molecule has 0 atom stereocenters. The predicted octanol–water partition coefficient (Wildman–Crippen LogP) is 3.70. The maximum Gasteiger partial charge on any atom is 0.195 e. The van der Waals surface area contributed by atoms with Crippen LogP contribution in [0.4, 0.5) is 5.69 Å². The number of aromatic nitrogens is 1. The number of nitrogens with zero attached hydrogens (tertiary/aromatic N) is 1. The third-order valence-electron chi connectivity index (χ3n) is 3.59. The molecule has 1 aromatic carbocycles. The Bertz CT molecular complexity index is 560. The fourth-order valence-corrected chi connectivity index (χ4v) is 2.82. The number of rotatable bonds is 5. The Morgan fingerprint density at radius 1 is 1.44 bits per heavy atom. The number of hydrogen-bond acceptors (Lipinski definition) is 4. The molecule has 96 valence electrons. The van der Waals surface area contributed by atoms with Crippen molar-refractivity contribution in [2.75, 3.05) is 18.1 Å². The summed E-state index contributed by atoms with van der Waals surface area (Å²) in [6.07, 6.45) is 5.69. The molecule has 4 heteroatoms. The summed E-state index contributed by atoms with van der Waals surface area (Å²) in [6.45, 7) is 3.09. The zero-order valence-electron chi connectivity index (χ0n) is 10.8. The zero-order valence-corrected chi connectivity index (χ0v) is 11.6. The molecule has 1 aromatic heterocycles. The highest BCUT2D eigenvalue weighted by atomic mass is 32.2. The summed E-state index contributed by atoms with van der Waals surface area (Å²) < 4.78 is 6.09. The highest BCUT2D eigenvalue weighted by molar-refractivity contribution is 8.00. The molecule has 1 saturated carbocycles. The van der Waals surface area contributed by atoms with E-state index in [1.807, 2.05) is 17.8 Å². The Morgan fingerprint density at radius 2 is 2.28 bits per heavy atom. The van der Waals surface area contributed by atoms with Crippen molar-refractivity contribution < 1.29 is 4.42 Å². The second kappa shape index (κ2) is 4.50. The maximum absolute atomic E-state index is 5.61. The number of nitrogens with one attached hydrogen (secondary N) is 1. The first kappa shape index (κ1) is 11.9. The summed E-state index contributed by atoms with van der Waals surface area (Å²) >= 11 is 1.97. The molecule has 0 aliphatic heterocycles. The number of aryl methyl sites for hydroxylation is 1. The normalized spacial score (nSPS) is 17.0. The van der Waals surface area contributed by atoms with Crippen LogP contribution in [0, 0.1) is 0 Å². The van der Waals surface area contributed by atoms with Gasteiger partial charge in [-0.2, -0.15) is 11.8 Å². The van der Waals surface area contributed by atoms with Gasteiger partial charge in [-0.05, 0) is 37.3 Å². The molecule has 1 N–H and O–H groups in total. The SMILES string of the molecule is CCc1nc2cc(NCC3(SC)CC3)ccc2o1. The maximum atomic E-state index is 5.61. The first-order chi connectivity index (χ1) is 8.74. The Kier molecular flexibility index (Phi) is 2.98. The average molecular weight is 262 g/mol. The average Bonchev–Trinajstić information content (AvgIpc) is 3.07. The monoisotopic (exact) mass is 262 g/mol. The summed E-state index contributed by atoms with van der Waals surface area (Å²) in [6, 6.07) is 6.15. The molecule has 0 spiro atoms. The number of fused-ring (bicyclic) bond motifs is 1. The molecule has 1 fully saturated rings. The van der Waals surface area contributed by atoms with Crippen LogP contribution in [-0.4, -0.2) is 22.5 Å². The van der Waals surface area contributed by atoms with Crippen LogP contribution < -0.4 is 5.32 Å². The molecular formula is C14H18N2OS. The lowest BCUT2D eigenvalue weighted by Crippen LogP contribution is -2.17. The molecule has 0 bridgehead atoms. The fourth-order valence-electron chi connectivity index (χ4n) is 2.09. The molecule has 2 aromatic rings. The molecule has 3 nitrogen and oxygen atoms in total. The van der Waals surface area contributed by atoms with Gasteiger partial charge in [0, 0.05) is 23.4 Å². The van der Waals surface area contributed by atoms with E-state index in [4.69, 9.17) is 4.42 Å². The zero-order chi connectivity index (χ0) is 12.6. The summed E-state index contributed by atoms with van der Waals surface area (Å²) in [7, 11) is 0. The van der Waals surface area contributed by atoms with Crippen LogP contribution in [0.25, 0.3) is 11.1 Å². The van der Waals surface area contributed by atoms with Crippen molar-refractivity contribution in [1.29, 1.82) is 0 Å². The highest BCUT2D eigenvalue weighted by Crippen LogP contribution is 2.47. The molecule has 0 saturated heterocycles. The van der Waals surface area contributed by atoms with Crippen LogP contribution in [0.2, 0.25) is 0 Å². The smallest absolute Gasteiger partial charge is 0.195 e. The van der Waals surface area contributed by atoms with Crippen LogP contribution in [-0.2, 0) is 6.42 Å². The molecule has 18 heavy (non-hydrogen) atoms. The largest absolute Gasteiger partial charge is 0.441 e. The van der Waals surface area contributed by atoms with Crippen LogP contribution >= 0.6 is 11.8 Å². The van der Waals surface area contributed by atoms with Gasteiger partial charge in [0.25, 0.3) is 0 Å². The van der Waals surface area contributed by atoms with E-state index in [9.17, 15) is 0 Å². The third-order valence-corrected chi connectivity index (χ3v) is 5.01. The topological polar surface area (TPSA) is 38.1 Å². The summed E-state index contributed by atoms with van der Waals surface area (Å²) in [5.74, 6) is 0.810. The van der Waals surface area contributed by atoms with Crippen LogP contribution in [0.15, 0.2) is 22.6 Å². The summed E-state index contributed by atoms with van der Waals surface area (Å²) in [4.78, 5) is 4.46. The Morgan fingerprint density at radius 3 is 2.94 bits per heavy atom. The van der Waals surface area contributed by atoms with Crippen LogP contribution in [0.5, 0.6) is 0 Å². The predicted molar refractivity (Wildman–Crippen MR) is 77.4 cm³/mol. The Hall–Kier alpha value is -1.16. The van der Waals surface area contributed by atoms with Gasteiger partial charge in [-0.25, -0.2) is 4.98 Å². The number of oxazole rings is 1. The van der Waals surface area contributed by atoms with E-state index in [2.05, 4.69) is 35.6 Å². The number of thioether (sulfide) groups is 1. The van der Waals surface area contributed by atoms with Gasteiger partial charge in [0.15, 0.2) is 11.5 Å². The lowest BCUT2D eigenvalue weighted by Gasteiger charge is -2.13. The third kappa shape index (κ3) is 2.21. The van der Waals surface area contributed by atoms with Gasteiger partial charge in [-0.1, -0.05) is 6.92 Å². The van der Waals surface area contributed by atoms with E-state index in [0.29, 0.717) is 4.75 Å². The molecule has 0 unspecified atom stereocenters. The van der Waals surface area contributed by atoms with Crippen molar-refractivity contribution >= 4 is 28.5 Å². The molecule has 1 heterocycles. The fraction of sp³-hybridized carbons (Fsp3) is 0.500.